The van der Waals surface area contributed by atoms with Crippen molar-refractivity contribution in [2.24, 2.45) is 0 Å². The molecule has 0 saturated heterocycles. The van der Waals surface area contributed by atoms with Gasteiger partial charge in [-0.25, -0.2) is 0 Å². The molecule has 0 aromatic heterocycles. The molecule has 0 fully saturated rings. The monoisotopic (exact) mass is 174 g/mol. The number of carboxylic acids is 1. The summed E-state index contributed by atoms with van der Waals surface area (Å²) in [5.74, 6) is -0.663. The fourth-order valence-corrected chi connectivity index (χ4v) is 1.23. The van der Waals surface area contributed by atoms with Gasteiger partial charge < -0.3 is 5.11 Å². The van der Waals surface area contributed by atoms with Gasteiger partial charge in [0.05, 0.1) is 0 Å². The van der Waals surface area contributed by atoms with E-state index in [1.807, 2.05) is 0 Å². The number of hydrogen-bond donors (Lipinski definition) is 1. The van der Waals surface area contributed by atoms with Crippen LogP contribution in [0.15, 0.2) is 0 Å². The minimum atomic E-state index is -0.663. The van der Waals surface area contributed by atoms with Crippen LogP contribution in [0.5, 0.6) is 0 Å². The van der Waals surface area contributed by atoms with E-state index in [0.29, 0.717) is 6.42 Å². The Hall–Kier alpha value is -0.530. The molecule has 0 aromatic carbocycles. The van der Waals surface area contributed by atoms with E-state index in [0.717, 1.165) is 12.8 Å². The van der Waals surface area contributed by atoms with Crippen LogP contribution in [0, 0.1) is 0 Å². The molecule has 0 radical (unpaired) electrons. The maximum absolute atomic E-state index is 10.1. The normalized spacial score (nSPS) is 10.1. The molecule has 0 heterocycles. The number of aliphatic carboxylic acids is 1. The van der Waals surface area contributed by atoms with Crippen molar-refractivity contribution in [1.29, 1.82) is 0 Å². The molecule has 0 bridgehead atoms. The summed E-state index contributed by atoms with van der Waals surface area (Å²) in [4.78, 5) is 10.1. The fraction of sp³-hybridized carbons (Fsp3) is 0.900. The number of carboxylic acid groups (broad SMARTS) is 1. The minimum Gasteiger partial charge on any atom is -0.481 e. The Kier molecular flexibility index (Phi) is 8.19. The van der Waals surface area contributed by atoms with Crippen LogP contribution in [0.3, 0.4) is 0 Å². The summed E-state index contributed by atoms with van der Waals surface area (Å²) in [7, 11) is 0. The summed E-state index contributed by atoms with van der Waals surface area (Å²) >= 11 is 0. The summed E-state index contributed by atoms with van der Waals surface area (Å²) < 4.78 is 0. The highest BCUT2D eigenvalue weighted by Crippen LogP contribution is 2.07. The summed E-state index contributed by atoms with van der Waals surface area (Å²) in [5, 5.41) is 8.35. The summed E-state index contributed by atoms with van der Waals surface area (Å²) in [6.45, 7) is 2.20. The van der Waals surface area contributed by atoms with E-state index in [2.05, 4.69) is 6.92 Å². The zero-order valence-electron chi connectivity index (χ0n) is 8.01. The van der Waals surface area contributed by atoms with Crippen molar-refractivity contribution in [3.63, 3.8) is 0 Å². The quantitative estimate of drug-likeness (QED) is 0.453. The number of unbranched alkanes of at least 4 members (excludes halogenated alkanes) is 6. The Morgan fingerprint density at radius 3 is 2.00 bits per heavy atom. The van der Waals surface area contributed by atoms with Gasteiger partial charge >= 0.3 is 5.97 Å². The van der Waals surface area contributed by atoms with Crippen LogP contribution in [0.1, 0.15) is 58.3 Å². The molecule has 2 nitrogen and oxygen atoms in total. The van der Waals surface area contributed by atoms with Crippen molar-refractivity contribution in [1.82, 2.24) is 0 Å². The standard InChI is InChI=1S/C10H20O2/c1-2-3-4-5-6-7-8-9-10(11)12/h2-9H2,1H3,(H,11,12)/i9+1,10+1. The van der Waals surface area contributed by atoms with E-state index in [4.69, 9.17) is 5.11 Å². The van der Waals surface area contributed by atoms with Gasteiger partial charge in [-0.05, 0) is 6.42 Å². The van der Waals surface area contributed by atoms with Crippen LogP contribution < -0.4 is 0 Å². The molecule has 0 aromatic rings. The van der Waals surface area contributed by atoms with Crippen molar-refractivity contribution in [3.8, 4) is 0 Å². The van der Waals surface area contributed by atoms with Crippen molar-refractivity contribution in [2.45, 2.75) is 58.3 Å². The van der Waals surface area contributed by atoms with Crippen molar-refractivity contribution >= 4 is 5.97 Å². The van der Waals surface area contributed by atoms with Gasteiger partial charge in [0.1, 0.15) is 0 Å². The first-order chi connectivity index (χ1) is 5.77. The van der Waals surface area contributed by atoms with Gasteiger partial charge in [-0.1, -0.05) is 45.4 Å². The average molecular weight is 174 g/mol. The lowest BCUT2D eigenvalue weighted by atomic mass is 10.1. The van der Waals surface area contributed by atoms with Gasteiger partial charge in [-0.2, -0.15) is 0 Å². The zero-order valence-corrected chi connectivity index (χ0v) is 8.01. The number of carbonyl (C=O) groups is 1. The zero-order chi connectivity index (χ0) is 9.23. The van der Waals surface area contributed by atoms with E-state index >= 15 is 0 Å². The highest BCUT2D eigenvalue weighted by Gasteiger charge is 1.95. The SMILES string of the molecule is CCCCCCCC[13CH2][13C](=O)O. The molecule has 0 atom stereocenters. The summed E-state index contributed by atoms with van der Waals surface area (Å²) in [6, 6.07) is 0. The molecule has 0 spiro atoms. The maximum atomic E-state index is 10.1. The van der Waals surface area contributed by atoms with Gasteiger partial charge in [0.25, 0.3) is 0 Å². The van der Waals surface area contributed by atoms with E-state index < -0.39 is 5.97 Å². The number of rotatable bonds is 8. The van der Waals surface area contributed by atoms with Crippen LogP contribution >= 0.6 is 0 Å². The molecular weight excluding hydrogens is 154 g/mol. The third-order valence-corrected chi connectivity index (χ3v) is 1.99. The first-order valence-electron chi connectivity index (χ1n) is 4.99. The lowest BCUT2D eigenvalue weighted by Crippen LogP contribution is -1.93. The molecule has 0 aliphatic rings. The second kappa shape index (κ2) is 8.57. The fourth-order valence-electron chi connectivity index (χ4n) is 1.23. The Morgan fingerprint density at radius 1 is 1.00 bits per heavy atom. The lowest BCUT2D eigenvalue weighted by molar-refractivity contribution is -0.137. The highest BCUT2D eigenvalue weighted by molar-refractivity contribution is 5.66. The van der Waals surface area contributed by atoms with Crippen LogP contribution in [-0.2, 0) is 4.79 Å². The molecule has 0 saturated carbocycles. The molecule has 1 N–H and O–H groups in total. The Labute approximate surface area is 75.0 Å². The molecule has 0 amide bonds. The summed E-state index contributed by atoms with van der Waals surface area (Å²) in [5.41, 5.74) is 0. The highest BCUT2D eigenvalue weighted by atomic mass is 16.5. The molecular formula is C10H20O2. The molecule has 0 unspecified atom stereocenters. The van der Waals surface area contributed by atoms with Gasteiger partial charge in [-0.3, -0.25) is 4.79 Å². The van der Waals surface area contributed by atoms with Gasteiger partial charge in [0.2, 0.25) is 0 Å². The Balaban J connectivity index is 2.86. The number of hydrogen-bond acceptors (Lipinski definition) is 1. The Bertz CT molecular complexity index is 110. The summed E-state index contributed by atoms with van der Waals surface area (Å²) in [6.07, 6.45) is 8.64. The van der Waals surface area contributed by atoms with E-state index in [9.17, 15) is 4.79 Å². The van der Waals surface area contributed by atoms with Crippen LogP contribution in [0.4, 0.5) is 0 Å². The van der Waals surface area contributed by atoms with Crippen LogP contribution in [0.25, 0.3) is 0 Å². The third-order valence-electron chi connectivity index (χ3n) is 1.99. The van der Waals surface area contributed by atoms with E-state index in [1.165, 1.54) is 32.1 Å². The first kappa shape index (κ1) is 11.5. The molecule has 2 heteroatoms. The smallest absolute Gasteiger partial charge is 0.303 e. The maximum Gasteiger partial charge on any atom is 0.303 e. The molecule has 72 valence electrons. The minimum absolute atomic E-state index is 0.341. The second-order valence-electron chi connectivity index (χ2n) is 3.27. The Morgan fingerprint density at radius 2 is 1.50 bits per heavy atom. The van der Waals surface area contributed by atoms with Gasteiger partial charge in [-0.15, -0.1) is 0 Å². The lowest BCUT2D eigenvalue weighted by Gasteiger charge is -1.98. The van der Waals surface area contributed by atoms with Gasteiger partial charge in [0, 0.05) is 6.42 Å². The van der Waals surface area contributed by atoms with Gasteiger partial charge in [0.15, 0.2) is 0 Å². The first-order valence-corrected chi connectivity index (χ1v) is 4.99. The predicted octanol–water partition coefficient (Wildman–Crippen LogP) is 3.21. The largest absolute Gasteiger partial charge is 0.481 e. The van der Waals surface area contributed by atoms with Crippen LogP contribution in [0.2, 0.25) is 0 Å². The topological polar surface area (TPSA) is 37.3 Å². The predicted molar refractivity (Wildman–Crippen MR) is 50.2 cm³/mol. The van der Waals surface area contributed by atoms with E-state index in [-0.39, 0.29) is 0 Å². The molecule has 0 rings (SSSR count). The third kappa shape index (κ3) is 9.47. The van der Waals surface area contributed by atoms with E-state index in [1.54, 1.807) is 0 Å². The molecule has 12 heavy (non-hydrogen) atoms. The van der Waals surface area contributed by atoms with Crippen molar-refractivity contribution in [3.05, 3.63) is 0 Å². The average Bonchev–Trinajstić information content (AvgIpc) is 2.02. The van der Waals surface area contributed by atoms with Crippen molar-refractivity contribution in [2.75, 3.05) is 0 Å². The van der Waals surface area contributed by atoms with Crippen molar-refractivity contribution < 1.29 is 9.90 Å². The molecule has 0 aliphatic heterocycles. The second-order valence-corrected chi connectivity index (χ2v) is 3.27. The molecule has 0 aliphatic carbocycles. The van der Waals surface area contributed by atoms with Crippen LogP contribution in [-0.4, -0.2) is 11.1 Å².